The second-order valence-electron chi connectivity index (χ2n) is 24.6. The third-order valence-electron chi connectivity index (χ3n) is 17.2. The van der Waals surface area contributed by atoms with E-state index in [4.69, 9.17) is 4.42 Å². The SMILES string of the molecule is C=CC1C(/C=C/NC2CC(C(C)(C)C)=CC3=C2B(c2csc4cc5c(cc24)C(C)(C)CCC5(C)C)c2ccc(C(C)C)cc2N3c2cccc3oc4ccccc4c23)C(C)(C)CCC1(C)C. The van der Waals surface area contributed by atoms with Crippen LogP contribution in [0.25, 0.3) is 32.0 Å². The average Bonchev–Trinajstić information content (AvgIpc) is 3.86. The van der Waals surface area contributed by atoms with E-state index in [1.54, 1.807) is 0 Å². The number of thiophene rings is 1. The van der Waals surface area contributed by atoms with Crippen LogP contribution in [0.1, 0.15) is 145 Å². The standard InChI is InChI=1S/C61H73BN2OS/c1-15-42-43(59(9,10)27-26-58(42,7)8)25-30-63-48-32-39(57(4,5)6)33-51-56(48)62(47-36-66-54-35-45-44(34-41(47)54)60(11,12)28-29-61(45,13)14)46-24-23-38(37(2)3)31-50(46)64(51)49-20-18-22-53-55(49)40-19-16-17-21-52(40)65-53/h15-25,30-31,33-37,42-43,48,63H,1,26-29,32H2,2-14H3/b30-25+. The fraction of sp³-hybridized carbons (Fsp3) is 0.443. The van der Waals surface area contributed by atoms with Crippen LogP contribution in [-0.4, -0.2) is 12.8 Å². The first-order valence-electron chi connectivity index (χ1n) is 25.0. The Hall–Kier alpha value is -4.74. The second kappa shape index (κ2) is 15.7. The van der Waals surface area contributed by atoms with Crippen LogP contribution in [0.15, 0.2) is 130 Å². The van der Waals surface area contributed by atoms with E-state index in [0.717, 1.165) is 28.4 Å². The maximum absolute atomic E-state index is 6.65. The van der Waals surface area contributed by atoms with Crippen molar-refractivity contribution in [1.29, 1.82) is 0 Å². The highest BCUT2D eigenvalue weighted by Gasteiger charge is 2.47. The Morgan fingerprint density at radius 2 is 1.45 bits per heavy atom. The van der Waals surface area contributed by atoms with Crippen molar-refractivity contribution in [2.75, 3.05) is 4.90 Å². The highest BCUT2D eigenvalue weighted by molar-refractivity contribution is 7.19. The number of benzene rings is 4. The summed E-state index contributed by atoms with van der Waals surface area (Å²) < 4.78 is 8.05. The van der Waals surface area contributed by atoms with Crippen molar-refractivity contribution in [2.24, 2.45) is 28.1 Å². The molecule has 3 heterocycles. The van der Waals surface area contributed by atoms with Gasteiger partial charge in [0.25, 0.3) is 0 Å². The van der Waals surface area contributed by atoms with Crippen LogP contribution in [-0.2, 0) is 10.8 Å². The lowest BCUT2D eigenvalue weighted by Gasteiger charge is -2.50. The summed E-state index contributed by atoms with van der Waals surface area (Å²) >= 11 is 1.94. The topological polar surface area (TPSA) is 28.4 Å². The number of nitrogens with one attached hydrogen (secondary N) is 1. The summed E-state index contributed by atoms with van der Waals surface area (Å²) in [6, 6.07) is 27.9. The van der Waals surface area contributed by atoms with Gasteiger partial charge in [-0.25, -0.2) is 0 Å². The third kappa shape index (κ3) is 7.28. The molecule has 1 saturated carbocycles. The summed E-state index contributed by atoms with van der Waals surface area (Å²) in [5.41, 5.74) is 16.2. The molecule has 0 amide bonds. The zero-order valence-electron chi connectivity index (χ0n) is 42.2. The molecular formula is C61H73BN2OS. The smallest absolute Gasteiger partial charge is 0.246 e. The van der Waals surface area contributed by atoms with Crippen molar-refractivity contribution in [2.45, 2.75) is 145 Å². The van der Waals surface area contributed by atoms with Gasteiger partial charge in [-0.2, -0.15) is 0 Å². The largest absolute Gasteiger partial charge is 0.456 e. The van der Waals surface area contributed by atoms with Crippen LogP contribution in [0.5, 0.6) is 0 Å². The zero-order chi connectivity index (χ0) is 46.9. The molecule has 1 fully saturated rings. The molecule has 3 atom stereocenters. The number of hydrogen-bond acceptors (Lipinski definition) is 4. The van der Waals surface area contributed by atoms with Gasteiger partial charge in [-0.3, -0.25) is 0 Å². The predicted octanol–water partition coefficient (Wildman–Crippen LogP) is 15.9. The Bertz CT molecular complexity index is 3010. The Morgan fingerprint density at radius 3 is 2.15 bits per heavy atom. The fourth-order valence-electron chi connectivity index (χ4n) is 12.6. The third-order valence-corrected chi connectivity index (χ3v) is 18.1. The first-order chi connectivity index (χ1) is 31.1. The number of rotatable bonds is 7. The number of allylic oxidation sites excluding steroid dienone is 3. The molecule has 66 heavy (non-hydrogen) atoms. The van der Waals surface area contributed by atoms with Crippen LogP contribution in [0.3, 0.4) is 0 Å². The summed E-state index contributed by atoms with van der Waals surface area (Å²) in [7, 11) is 0. The Kier molecular flexibility index (Phi) is 10.7. The summed E-state index contributed by atoms with van der Waals surface area (Å²) in [5, 5.41) is 10.5. The molecule has 0 spiro atoms. The molecule has 0 radical (unpaired) electrons. The fourth-order valence-corrected chi connectivity index (χ4v) is 13.6. The molecule has 4 aromatic carbocycles. The van der Waals surface area contributed by atoms with E-state index >= 15 is 0 Å². The van der Waals surface area contributed by atoms with Crippen LogP contribution in [0, 0.1) is 28.1 Å². The van der Waals surface area contributed by atoms with Gasteiger partial charge in [0.2, 0.25) is 6.71 Å². The van der Waals surface area contributed by atoms with E-state index in [-0.39, 0.29) is 39.8 Å². The van der Waals surface area contributed by atoms with Gasteiger partial charge in [0, 0.05) is 27.5 Å². The minimum atomic E-state index is -0.0480. The van der Waals surface area contributed by atoms with Crippen LogP contribution in [0.4, 0.5) is 11.4 Å². The van der Waals surface area contributed by atoms with Crippen molar-refractivity contribution >= 4 is 72.4 Å². The van der Waals surface area contributed by atoms with Gasteiger partial charge < -0.3 is 14.6 Å². The summed E-state index contributed by atoms with van der Waals surface area (Å²) in [6.07, 6.45) is 15.5. The minimum Gasteiger partial charge on any atom is -0.456 e. The maximum atomic E-state index is 6.65. The predicted molar refractivity (Wildman–Crippen MR) is 288 cm³/mol. The first-order valence-corrected chi connectivity index (χ1v) is 25.9. The molecule has 10 rings (SSSR count). The van der Waals surface area contributed by atoms with Crippen LogP contribution < -0.4 is 21.1 Å². The lowest BCUT2D eigenvalue weighted by Crippen LogP contribution is -2.56. The number of nitrogens with zero attached hydrogens (tertiary/aromatic N) is 1. The van der Waals surface area contributed by atoms with Crippen molar-refractivity contribution < 1.29 is 4.42 Å². The van der Waals surface area contributed by atoms with Gasteiger partial charge in [0.1, 0.15) is 11.2 Å². The highest BCUT2D eigenvalue weighted by Crippen LogP contribution is 2.54. The zero-order valence-corrected chi connectivity index (χ0v) is 43.0. The van der Waals surface area contributed by atoms with E-state index in [0.29, 0.717) is 17.8 Å². The van der Waals surface area contributed by atoms with E-state index in [1.807, 2.05) is 11.3 Å². The van der Waals surface area contributed by atoms with E-state index in [2.05, 4.69) is 209 Å². The quantitative estimate of drug-likeness (QED) is 0.128. The molecular weight excluding hydrogens is 820 g/mol. The molecule has 3 unspecified atom stereocenters. The van der Waals surface area contributed by atoms with Gasteiger partial charge in [-0.15, -0.1) is 17.9 Å². The van der Waals surface area contributed by atoms with E-state index < -0.39 is 0 Å². The molecule has 4 aliphatic rings. The van der Waals surface area contributed by atoms with E-state index in [9.17, 15) is 0 Å². The second-order valence-corrected chi connectivity index (χ2v) is 25.6. The summed E-state index contributed by atoms with van der Waals surface area (Å²) in [4.78, 5) is 2.64. The van der Waals surface area contributed by atoms with Crippen molar-refractivity contribution in [3.05, 3.63) is 143 Å². The first kappa shape index (κ1) is 45.1. The van der Waals surface area contributed by atoms with Gasteiger partial charge in [-0.05, 0) is 164 Å². The molecule has 1 aliphatic heterocycles. The van der Waals surface area contributed by atoms with Crippen molar-refractivity contribution in [1.82, 2.24) is 5.32 Å². The molecule has 0 bridgehead atoms. The number of fused-ring (bicyclic) bond motifs is 6. The van der Waals surface area contributed by atoms with Gasteiger partial charge in [-0.1, -0.05) is 150 Å². The van der Waals surface area contributed by atoms with Gasteiger partial charge >= 0.3 is 0 Å². The summed E-state index contributed by atoms with van der Waals surface area (Å²) in [5.74, 6) is 1.14. The number of para-hydroxylation sites is 1. The lowest BCUT2D eigenvalue weighted by molar-refractivity contribution is 0.0344. The maximum Gasteiger partial charge on any atom is 0.246 e. The monoisotopic (exact) mass is 893 g/mol. The summed E-state index contributed by atoms with van der Waals surface area (Å²) in [6.45, 7) is 36.0. The van der Waals surface area contributed by atoms with Crippen LogP contribution in [0.2, 0.25) is 0 Å². The van der Waals surface area contributed by atoms with Gasteiger partial charge in [0.05, 0.1) is 11.1 Å². The molecule has 3 aliphatic carbocycles. The minimum absolute atomic E-state index is 0.0360. The number of anilines is 2. The Balaban J connectivity index is 1.26. The molecule has 0 saturated heterocycles. The average molecular weight is 893 g/mol. The molecule has 3 nitrogen and oxygen atoms in total. The molecule has 5 heteroatoms. The van der Waals surface area contributed by atoms with Crippen molar-refractivity contribution in [3.63, 3.8) is 0 Å². The highest BCUT2D eigenvalue weighted by atomic mass is 32.1. The van der Waals surface area contributed by atoms with Gasteiger partial charge in [0.15, 0.2) is 0 Å². The molecule has 342 valence electrons. The van der Waals surface area contributed by atoms with Crippen molar-refractivity contribution in [3.8, 4) is 0 Å². The normalized spacial score (nSPS) is 23.4. The van der Waals surface area contributed by atoms with E-state index in [1.165, 1.54) is 91.5 Å². The number of hydrogen-bond donors (Lipinski definition) is 1. The number of furan rings is 1. The Labute approximate surface area is 400 Å². The molecule has 1 N–H and O–H groups in total. The molecule has 2 aromatic heterocycles. The Morgan fingerprint density at radius 1 is 0.773 bits per heavy atom. The lowest BCUT2D eigenvalue weighted by atomic mass is 9.32. The van der Waals surface area contributed by atoms with Crippen LogP contribution >= 0.6 is 11.3 Å². The molecule has 6 aromatic rings.